The molecule has 1 heterocycles. The largest absolute Gasteiger partial charge is 0.368 e. The van der Waals surface area contributed by atoms with E-state index in [-0.39, 0.29) is 24.4 Å². The lowest BCUT2D eigenvalue weighted by Crippen LogP contribution is -2.51. The van der Waals surface area contributed by atoms with E-state index in [1.165, 1.54) is 24.3 Å². The number of nitro groups is 1. The summed E-state index contributed by atoms with van der Waals surface area (Å²) in [6.07, 6.45) is 0.745. The van der Waals surface area contributed by atoms with Gasteiger partial charge in [0.25, 0.3) is 5.69 Å². The maximum Gasteiger partial charge on any atom is 0.269 e. The predicted molar refractivity (Wildman–Crippen MR) is 79.1 cm³/mol. The number of carbonyl (C=O) groups is 3. The van der Waals surface area contributed by atoms with Crippen LogP contribution >= 0.6 is 0 Å². The molecule has 1 aromatic carbocycles. The van der Waals surface area contributed by atoms with Crippen LogP contribution in [0.2, 0.25) is 0 Å². The number of benzene rings is 1. The summed E-state index contributed by atoms with van der Waals surface area (Å²) in [7, 11) is 0. The number of nitrogens with two attached hydrogens (primary N) is 1. The Bertz CT molecular complexity index is 643. The highest BCUT2D eigenvalue weighted by molar-refractivity contribution is 5.93. The first-order chi connectivity index (χ1) is 10.9. The van der Waals surface area contributed by atoms with Crippen molar-refractivity contribution in [3.8, 4) is 0 Å². The number of nitrogens with one attached hydrogen (secondary N) is 2. The molecular formula is C14H16N4O5. The van der Waals surface area contributed by atoms with Gasteiger partial charge in [-0.3, -0.25) is 24.5 Å². The maximum absolute atomic E-state index is 12.0. The fourth-order valence-corrected chi connectivity index (χ4v) is 2.30. The highest BCUT2D eigenvalue weighted by Gasteiger charge is 2.29. The highest BCUT2D eigenvalue weighted by Crippen LogP contribution is 2.13. The van der Waals surface area contributed by atoms with Crippen LogP contribution in [0.15, 0.2) is 24.3 Å². The van der Waals surface area contributed by atoms with E-state index >= 15 is 0 Å². The van der Waals surface area contributed by atoms with Gasteiger partial charge in [0, 0.05) is 25.0 Å². The van der Waals surface area contributed by atoms with E-state index in [0.29, 0.717) is 12.0 Å². The van der Waals surface area contributed by atoms with Crippen molar-refractivity contribution in [1.82, 2.24) is 10.6 Å². The number of nitrogens with zero attached hydrogens (tertiary/aromatic N) is 1. The number of carbonyl (C=O) groups excluding carboxylic acids is 3. The molecule has 2 rings (SSSR count). The zero-order valence-electron chi connectivity index (χ0n) is 12.2. The molecule has 0 bridgehead atoms. The third-order valence-corrected chi connectivity index (χ3v) is 3.56. The van der Waals surface area contributed by atoms with Crippen LogP contribution in [0.4, 0.5) is 5.69 Å². The summed E-state index contributed by atoms with van der Waals surface area (Å²) in [5.41, 5.74) is 5.84. The lowest BCUT2D eigenvalue weighted by Gasteiger charge is -2.18. The molecule has 2 atom stereocenters. The smallest absolute Gasteiger partial charge is 0.269 e. The molecule has 1 aliphatic heterocycles. The molecule has 0 aliphatic carbocycles. The van der Waals surface area contributed by atoms with Crippen molar-refractivity contribution in [3.05, 3.63) is 39.9 Å². The van der Waals surface area contributed by atoms with Crippen molar-refractivity contribution in [1.29, 1.82) is 0 Å². The molecule has 1 saturated heterocycles. The first-order valence-electron chi connectivity index (χ1n) is 6.99. The fourth-order valence-electron chi connectivity index (χ4n) is 2.30. The minimum absolute atomic E-state index is 0.0675. The van der Waals surface area contributed by atoms with Crippen LogP contribution in [-0.4, -0.2) is 34.7 Å². The van der Waals surface area contributed by atoms with Gasteiger partial charge in [0.1, 0.15) is 12.1 Å². The van der Waals surface area contributed by atoms with Crippen molar-refractivity contribution in [2.24, 2.45) is 5.73 Å². The van der Waals surface area contributed by atoms with Crippen molar-refractivity contribution in [3.63, 3.8) is 0 Å². The van der Waals surface area contributed by atoms with E-state index in [9.17, 15) is 24.5 Å². The van der Waals surface area contributed by atoms with Crippen LogP contribution in [-0.2, 0) is 20.8 Å². The number of hydrogen-bond acceptors (Lipinski definition) is 5. The van der Waals surface area contributed by atoms with Gasteiger partial charge in [0.15, 0.2) is 0 Å². The van der Waals surface area contributed by atoms with Crippen LogP contribution in [0.1, 0.15) is 18.4 Å². The normalized spacial score (nSPS) is 18.1. The summed E-state index contributed by atoms with van der Waals surface area (Å²) in [4.78, 5) is 44.7. The topological polar surface area (TPSA) is 144 Å². The Kier molecular flexibility index (Phi) is 4.89. The number of primary amides is 1. The Morgan fingerprint density at radius 1 is 1.39 bits per heavy atom. The second-order valence-electron chi connectivity index (χ2n) is 5.25. The summed E-state index contributed by atoms with van der Waals surface area (Å²) in [6.45, 7) is 0. The molecule has 9 nitrogen and oxygen atoms in total. The molecule has 23 heavy (non-hydrogen) atoms. The zero-order chi connectivity index (χ0) is 17.0. The average molecular weight is 320 g/mol. The van der Waals surface area contributed by atoms with Crippen molar-refractivity contribution < 1.29 is 19.3 Å². The Labute approximate surface area is 131 Å². The molecule has 4 N–H and O–H groups in total. The molecule has 1 aromatic rings. The second-order valence-corrected chi connectivity index (χ2v) is 5.25. The molecule has 3 amide bonds. The predicted octanol–water partition coefficient (Wildman–Crippen LogP) is -0.614. The van der Waals surface area contributed by atoms with Crippen LogP contribution in [0, 0.1) is 10.1 Å². The van der Waals surface area contributed by atoms with Gasteiger partial charge in [-0.15, -0.1) is 0 Å². The van der Waals surface area contributed by atoms with Gasteiger partial charge >= 0.3 is 0 Å². The first kappa shape index (κ1) is 16.4. The standard InChI is InChI=1S/C14H16N4O5/c15-13(20)11(17-14(21)10-5-6-12(19)16-10)7-8-1-3-9(4-2-8)18(22)23/h1-4,10-11H,5-7H2,(H2,15,20)(H,16,19)(H,17,21)/t10-,11-/m0/s1. The summed E-state index contributed by atoms with van der Waals surface area (Å²) in [5.74, 6) is -1.40. The lowest BCUT2D eigenvalue weighted by molar-refractivity contribution is -0.384. The van der Waals surface area contributed by atoms with Crippen molar-refractivity contribution >= 4 is 23.4 Å². The van der Waals surface area contributed by atoms with Gasteiger partial charge in [0.2, 0.25) is 17.7 Å². The molecule has 0 saturated carbocycles. The van der Waals surface area contributed by atoms with E-state index in [2.05, 4.69) is 10.6 Å². The molecule has 1 aliphatic rings. The Hall–Kier alpha value is -2.97. The molecule has 0 radical (unpaired) electrons. The lowest BCUT2D eigenvalue weighted by atomic mass is 10.0. The quantitative estimate of drug-likeness (QED) is 0.473. The van der Waals surface area contributed by atoms with Gasteiger partial charge in [-0.25, -0.2) is 0 Å². The van der Waals surface area contributed by atoms with Gasteiger partial charge < -0.3 is 16.4 Å². The molecule has 1 fully saturated rings. The number of hydrogen-bond donors (Lipinski definition) is 3. The second kappa shape index (κ2) is 6.86. The Morgan fingerprint density at radius 2 is 2.04 bits per heavy atom. The SMILES string of the molecule is NC(=O)[C@H](Cc1ccc([N+](=O)[O-])cc1)NC(=O)[C@@H]1CCC(=O)N1. The van der Waals surface area contributed by atoms with E-state index in [1.807, 2.05) is 0 Å². The van der Waals surface area contributed by atoms with E-state index in [1.54, 1.807) is 0 Å². The first-order valence-corrected chi connectivity index (χ1v) is 6.99. The fraction of sp³-hybridized carbons (Fsp3) is 0.357. The highest BCUT2D eigenvalue weighted by atomic mass is 16.6. The minimum atomic E-state index is -0.957. The number of rotatable bonds is 6. The summed E-state index contributed by atoms with van der Waals surface area (Å²) in [6, 6.07) is 4.00. The van der Waals surface area contributed by atoms with Crippen molar-refractivity contribution in [2.45, 2.75) is 31.3 Å². The van der Waals surface area contributed by atoms with Gasteiger partial charge in [-0.05, 0) is 12.0 Å². The van der Waals surface area contributed by atoms with Crippen molar-refractivity contribution in [2.75, 3.05) is 0 Å². The molecule has 0 spiro atoms. The number of nitro benzene ring substituents is 1. The van der Waals surface area contributed by atoms with E-state index in [4.69, 9.17) is 5.73 Å². The third-order valence-electron chi connectivity index (χ3n) is 3.56. The maximum atomic E-state index is 12.0. The Morgan fingerprint density at radius 3 is 2.52 bits per heavy atom. The van der Waals surface area contributed by atoms with Gasteiger partial charge in [-0.2, -0.15) is 0 Å². The molecular weight excluding hydrogens is 304 g/mol. The van der Waals surface area contributed by atoms with Gasteiger partial charge in [0.05, 0.1) is 4.92 Å². The van der Waals surface area contributed by atoms with Crippen LogP contribution in [0.3, 0.4) is 0 Å². The minimum Gasteiger partial charge on any atom is -0.368 e. The summed E-state index contributed by atoms with van der Waals surface area (Å²) >= 11 is 0. The Balaban J connectivity index is 2.01. The van der Waals surface area contributed by atoms with Crippen LogP contribution in [0.25, 0.3) is 0 Å². The summed E-state index contributed by atoms with van der Waals surface area (Å²) < 4.78 is 0. The summed E-state index contributed by atoms with van der Waals surface area (Å²) in [5, 5.41) is 15.6. The molecule has 9 heteroatoms. The molecule has 0 aromatic heterocycles. The third kappa shape index (κ3) is 4.25. The average Bonchev–Trinajstić information content (AvgIpc) is 2.93. The van der Waals surface area contributed by atoms with E-state index < -0.39 is 28.8 Å². The van der Waals surface area contributed by atoms with Crippen LogP contribution < -0.4 is 16.4 Å². The zero-order valence-corrected chi connectivity index (χ0v) is 12.2. The monoisotopic (exact) mass is 320 g/mol. The van der Waals surface area contributed by atoms with Gasteiger partial charge in [-0.1, -0.05) is 12.1 Å². The van der Waals surface area contributed by atoms with Crippen LogP contribution in [0.5, 0.6) is 0 Å². The molecule has 0 unspecified atom stereocenters. The molecule has 122 valence electrons. The number of non-ortho nitro benzene ring substituents is 1. The number of amides is 3. The van der Waals surface area contributed by atoms with E-state index in [0.717, 1.165) is 0 Å².